The molecule has 1 fully saturated rings. The molecule has 2 rings (SSSR count). The topological polar surface area (TPSA) is 111 Å². The summed E-state index contributed by atoms with van der Waals surface area (Å²) in [5, 5.41) is 5.20. The monoisotopic (exact) mass is 344 g/mol. The number of aliphatic imine (C=N–C) groups is 1. The summed E-state index contributed by atoms with van der Waals surface area (Å²) < 4.78 is 28.2. The van der Waals surface area contributed by atoms with E-state index in [1.807, 2.05) is 16.7 Å². The molecule has 9 heteroatoms. The van der Waals surface area contributed by atoms with Crippen LogP contribution in [0, 0.1) is 0 Å². The molecule has 0 aliphatic carbocycles. The molecule has 122 valence electrons. The number of benzene rings is 1. The lowest BCUT2D eigenvalue weighted by Gasteiger charge is -2.27. The van der Waals surface area contributed by atoms with E-state index in [1.165, 1.54) is 13.2 Å². The van der Waals surface area contributed by atoms with Gasteiger partial charge in [0.25, 0.3) is 0 Å². The first-order chi connectivity index (χ1) is 10.4. The van der Waals surface area contributed by atoms with Crippen LogP contribution in [0.3, 0.4) is 0 Å². The lowest BCUT2D eigenvalue weighted by Crippen LogP contribution is -2.42. The van der Waals surface area contributed by atoms with Crippen LogP contribution in [0.4, 0.5) is 0 Å². The molecule has 1 aromatic carbocycles. The van der Waals surface area contributed by atoms with E-state index < -0.39 is 10.0 Å². The van der Waals surface area contributed by atoms with Crippen molar-refractivity contribution in [3.63, 3.8) is 0 Å². The predicted molar refractivity (Wildman–Crippen MR) is 88.6 cm³/mol. The number of ether oxygens (including phenoxy) is 1. The number of rotatable bonds is 4. The van der Waals surface area contributed by atoms with E-state index in [-0.39, 0.29) is 10.6 Å². The predicted octanol–water partition coefficient (Wildman–Crippen LogP) is 0.206. The van der Waals surface area contributed by atoms with Gasteiger partial charge in [0.15, 0.2) is 5.96 Å². The van der Waals surface area contributed by atoms with E-state index in [4.69, 9.17) is 15.6 Å². The molecule has 1 heterocycles. The summed E-state index contributed by atoms with van der Waals surface area (Å²) in [4.78, 5) is 6.31. The highest BCUT2D eigenvalue weighted by molar-refractivity contribution is 7.99. The smallest absolute Gasteiger partial charge is 0.241 e. The molecule has 0 atom stereocenters. The molecule has 0 radical (unpaired) electrons. The van der Waals surface area contributed by atoms with Crippen LogP contribution in [0.2, 0.25) is 0 Å². The minimum absolute atomic E-state index is 0.0457. The Labute approximate surface area is 134 Å². The van der Waals surface area contributed by atoms with Gasteiger partial charge in [0, 0.05) is 24.6 Å². The van der Waals surface area contributed by atoms with Crippen molar-refractivity contribution in [3.05, 3.63) is 23.8 Å². The summed E-state index contributed by atoms with van der Waals surface area (Å²) in [5.74, 6) is 2.77. The molecular formula is C13H20N4O3S2. The molecule has 7 nitrogen and oxygen atoms in total. The third-order valence-electron chi connectivity index (χ3n) is 3.29. The fraction of sp³-hybridized carbons (Fsp3) is 0.462. The number of primary sulfonamides is 1. The quantitative estimate of drug-likeness (QED) is 0.596. The van der Waals surface area contributed by atoms with E-state index in [1.54, 1.807) is 12.1 Å². The van der Waals surface area contributed by atoms with Crippen LogP contribution in [0.15, 0.2) is 28.1 Å². The number of hydrogen-bond acceptors (Lipinski definition) is 5. The molecule has 0 aromatic heterocycles. The lowest BCUT2D eigenvalue weighted by atomic mass is 10.2. The largest absolute Gasteiger partial charge is 0.495 e. The number of nitrogens with zero attached hydrogens (tertiary/aromatic N) is 2. The van der Waals surface area contributed by atoms with Crippen molar-refractivity contribution in [2.45, 2.75) is 11.4 Å². The molecular weight excluding hydrogens is 324 g/mol. The molecule has 1 aromatic rings. The van der Waals surface area contributed by atoms with Gasteiger partial charge in [-0.25, -0.2) is 18.5 Å². The Morgan fingerprint density at radius 3 is 2.68 bits per heavy atom. The van der Waals surface area contributed by atoms with Gasteiger partial charge in [0.05, 0.1) is 13.7 Å². The van der Waals surface area contributed by atoms with Crippen LogP contribution < -0.4 is 15.6 Å². The van der Waals surface area contributed by atoms with Gasteiger partial charge in [0.2, 0.25) is 10.0 Å². The zero-order valence-corrected chi connectivity index (χ0v) is 14.0. The third kappa shape index (κ3) is 4.28. The van der Waals surface area contributed by atoms with Gasteiger partial charge in [-0.15, -0.1) is 0 Å². The Kier molecular flexibility index (Phi) is 5.54. The SMILES string of the molecule is COc1ccc(CN=C(N)N2CCSCC2)cc1S(N)(=O)=O. The molecule has 0 saturated carbocycles. The molecule has 0 amide bonds. The number of thioether (sulfide) groups is 1. The van der Waals surface area contributed by atoms with E-state index >= 15 is 0 Å². The van der Waals surface area contributed by atoms with Gasteiger partial charge in [0.1, 0.15) is 10.6 Å². The van der Waals surface area contributed by atoms with Gasteiger partial charge in [-0.1, -0.05) is 6.07 Å². The highest BCUT2D eigenvalue weighted by Crippen LogP contribution is 2.24. The number of guanidine groups is 1. The van der Waals surface area contributed by atoms with Gasteiger partial charge < -0.3 is 15.4 Å². The van der Waals surface area contributed by atoms with Gasteiger partial charge in [-0.2, -0.15) is 11.8 Å². The van der Waals surface area contributed by atoms with Crippen molar-refractivity contribution in [1.82, 2.24) is 4.90 Å². The molecule has 1 aliphatic rings. The number of nitrogens with two attached hydrogens (primary N) is 2. The van der Waals surface area contributed by atoms with E-state index in [0.29, 0.717) is 18.1 Å². The second kappa shape index (κ2) is 7.21. The Morgan fingerprint density at radius 1 is 1.41 bits per heavy atom. The minimum Gasteiger partial charge on any atom is -0.495 e. The van der Waals surface area contributed by atoms with Crippen molar-refractivity contribution < 1.29 is 13.2 Å². The number of hydrogen-bond donors (Lipinski definition) is 2. The Bertz CT molecular complexity index is 655. The molecule has 1 saturated heterocycles. The molecule has 1 aliphatic heterocycles. The highest BCUT2D eigenvalue weighted by atomic mass is 32.2. The average molecular weight is 344 g/mol. The van der Waals surface area contributed by atoms with Crippen molar-refractivity contribution in [2.24, 2.45) is 15.9 Å². The summed E-state index contributed by atoms with van der Waals surface area (Å²) in [5.41, 5.74) is 6.68. The van der Waals surface area contributed by atoms with Gasteiger partial charge in [-0.05, 0) is 17.7 Å². The molecule has 0 bridgehead atoms. The summed E-state index contributed by atoms with van der Waals surface area (Å²) in [7, 11) is -2.45. The van der Waals surface area contributed by atoms with Crippen LogP contribution in [-0.2, 0) is 16.6 Å². The highest BCUT2D eigenvalue weighted by Gasteiger charge is 2.16. The van der Waals surface area contributed by atoms with Crippen LogP contribution in [-0.4, -0.2) is 51.0 Å². The Morgan fingerprint density at radius 2 is 2.09 bits per heavy atom. The number of methoxy groups -OCH3 is 1. The maximum atomic E-state index is 11.6. The lowest BCUT2D eigenvalue weighted by molar-refractivity contribution is 0.402. The van der Waals surface area contributed by atoms with Crippen molar-refractivity contribution in [2.75, 3.05) is 31.7 Å². The molecule has 22 heavy (non-hydrogen) atoms. The van der Waals surface area contributed by atoms with Crippen molar-refractivity contribution >= 4 is 27.7 Å². The third-order valence-corrected chi connectivity index (χ3v) is 5.17. The molecule has 0 unspecified atom stereocenters. The summed E-state index contributed by atoms with van der Waals surface area (Å²) >= 11 is 1.89. The maximum absolute atomic E-state index is 11.6. The summed E-state index contributed by atoms with van der Waals surface area (Å²) in [6.07, 6.45) is 0. The standard InChI is InChI=1S/C13H20N4O3S2/c1-20-11-3-2-10(8-12(11)22(15,18)19)9-16-13(14)17-4-6-21-7-5-17/h2-3,8H,4-7,9H2,1H3,(H2,14,16)(H2,15,18,19). The van der Waals surface area contributed by atoms with E-state index in [2.05, 4.69) is 4.99 Å². The van der Waals surface area contributed by atoms with E-state index in [9.17, 15) is 8.42 Å². The summed E-state index contributed by atoms with van der Waals surface area (Å²) in [6, 6.07) is 4.78. The first-order valence-corrected chi connectivity index (χ1v) is 9.44. The average Bonchev–Trinajstić information content (AvgIpc) is 2.52. The number of sulfonamides is 1. The van der Waals surface area contributed by atoms with E-state index in [0.717, 1.165) is 24.6 Å². The van der Waals surface area contributed by atoms with Crippen molar-refractivity contribution in [1.29, 1.82) is 0 Å². The summed E-state index contributed by atoms with van der Waals surface area (Å²) in [6.45, 7) is 2.05. The Balaban J connectivity index is 2.16. The normalized spacial score (nSPS) is 16.6. The van der Waals surface area contributed by atoms with Crippen LogP contribution in [0.5, 0.6) is 5.75 Å². The maximum Gasteiger partial charge on any atom is 0.241 e. The zero-order valence-electron chi connectivity index (χ0n) is 12.4. The first-order valence-electron chi connectivity index (χ1n) is 6.74. The van der Waals surface area contributed by atoms with Gasteiger partial charge >= 0.3 is 0 Å². The van der Waals surface area contributed by atoms with Gasteiger partial charge in [-0.3, -0.25) is 0 Å². The minimum atomic E-state index is -3.85. The molecule has 4 N–H and O–H groups in total. The Hall–Kier alpha value is -1.45. The molecule has 0 spiro atoms. The second-order valence-corrected chi connectivity index (χ2v) is 7.56. The van der Waals surface area contributed by atoms with Crippen LogP contribution >= 0.6 is 11.8 Å². The first kappa shape index (κ1) is 16.9. The van der Waals surface area contributed by atoms with Crippen molar-refractivity contribution in [3.8, 4) is 5.75 Å². The zero-order chi connectivity index (χ0) is 16.2. The fourth-order valence-corrected chi connectivity index (χ4v) is 3.76. The van der Waals surface area contributed by atoms with Crippen LogP contribution in [0.25, 0.3) is 0 Å². The van der Waals surface area contributed by atoms with Crippen LogP contribution in [0.1, 0.15) is 5.56 Å². The second-order valence-electron chi connectivity index (χ2n) is 4.80. The fourth-order valence-electron chi connectivity index (χ4n) is 2.11.